The fraction of sp³-hybridized carbons (Fsp3) is 0.292. The Morgan fingerprint density at radius 1 is 1.34 bits per heavy atom. The minimum Gasteiger partial charge on any atom is -1.00 e. The Balaban J connectivity index is 0.00000242. The molecule has 0 bridgehead atoms. The van der Waals surface area contributed by atoms with Crippen molar-refractivity contribution < 1.29 is 69.8 Å². The second-order valence-corrected chi connectivity index (χ2v) is 10.9. The number of thiazole rings is 1. The third-order valence-electron chi connectivity index (χ3n) is 6.36. The van der Waals surface area contributed by atoms with E-state index < -0.39 is 41.3 Å². The van der Waals surface area contributed by atoms with Crippen LogP contribution in [-0.2, 0) is 30.6 Å². The maximum atomic E-state index is 13.2. The summed E-state index contributed by atoms with van der Waals surface area (Å²) in [6.45, 7) is 1.85. The van der Waals surface area contributed by atoms with E-state index in [1.807, 2.05) is 45.8 Å². The number of aromatic nitrogens is 3. The summed E-state index contributed by atoms with van der Waals surface area (Å²) in [5.74, 6) is -3.62. The smallest absolute Gasteiger partial charge is 1.00 e. The van der Waals surface area contributed by atoms with Gasteiger partial charge in [-0.05, 0) is 12.5 Å². The molecule has 3 aromatic rings. The zero-order chi connectivity index (χ0) is 28.6. The molecule has 0 aliphatic carbocycles. The van der Waals surface area contributed by atoms with Crippen molar-refractivity contribution in [3.8, 4) is 0 Å². The standard InChI is InChI=1S/C24H23N7O7S2.Na.H/c1-2-14(22(34)35)38-28-16(13-11-40-24(25)26-13)19(32)27-17-20(33)31-18(23(36)37)12(10-39-21(17)31)9-30-8-7-29-6-4-3-5-15(29)30;;/h3-8,11,14,17,21H,2,9-10H2,1H3,(H4-,25,26,27,32,34,35,36,37);;/q;+1;-1/p+1/b28-16-;;/t14?,17-,21-;;/m1../s1. The topological polar surface area (TPSA) is 193 Å². The number of carboxylic acid groups (broad SMARTS) is 2. The second-order valence-electron chi connectivity index (χ2n) is 8.86. The number of nitrogens with zero attached hydrogens (tertiary/aromatic N) is 5. The monoisotopic (exact) mass is 610 g/mol. The number of carbonyl (C=O) groups is 4. The second kappa shape index (κ2) is 12.6. The Morgan fingerprint density at radius 3 is 2.78 bits per heavy atom. The molecule has 2 aliphatic rings. The number of carbonyl (C=O) groups excluding carboxylic acids is 2. The molecule has 2 aliphatic heterocycles. The van der Waals surface area contributed by atoms with Crippen LogP contribution in [0.15, 0.2) is 58.6 Å². The molecule has 0 aromatic carbocycles. The number of rotatable bonds is 10. The third-order valence-corrected chi connectivity index (χ3v) is 8.38. The molecule has 1 saturated heterocycles. The molecule has 0 radical (unpaired) electrons. The van der Waals surface area contributed by atoms with Crippen LogP contribution in [0.3, 0.4) is 0 Å². The van der Waals surface area contributed by atoms with Crippen molar-refractivity contribution in [2.75, 3.05) is 11.5 Å². The number of hydrogen-bond acceptors (Lipinski definition) is 10. The van der Waals surface area contributed by atoms with E-state index in [2.05, 4.69) is 15.5 Å². The van der Waals surface area contributed by atoms with Crippen molar-refractivity contribution in [3.63, 3.8) is 0 Å². The molecular weight excluding hydrogens is 585 g/mol. The number of β-lactam (4-membered cyclic amide) rings is 1. The Morgan fingerprint density at radius 2 is 2.12 bits per heavy atom. The van der Waals surface area contributed by atoms with Gasteiger partial charge in [0.1, 0.15) is 41.7 Å². The number of carboxylic acids is 2. The molecule has 5 N–H and O–H groups in total. The molecule has 14 nitrogen and oxygen atoms in total. The zero-order valence-electron chi connectivity index (χ0n) is 23.0. The first kappa shape index (κ1) is 30.5. The molecule has 5 heterocycles. The van der Waals surface area contributed by atoms with Crippen LogP contribution in [0.2, 0.25) is 0 Å². The summed E-state index contributed by atoms with van der Waals surface area (Å²) < 4.78 is 3.80. The van der Waals surface area contributed by atoms with Gasteiger partial charge in [0.05, 0.1) is 6.20 Å². The van der Waals surface area contributed by atoms with E-state index >= 15 is 0 Å². The van der Waals surface area contributed by atoms with E-state index in [-0.39, 0.29) is 66.2 Å². The van der Waals surface area contributed by atoms with Gasteiger partial charge in [-0.1, -0.05) is 18.1 Å². The fourth-order valence-corrected chi connectivity index (χ4v) is 6.29. The van der Waals surface area contributed by atoms with Gasteiger partial charge >= 0.3 is 41.5 Å². The van der Waals surface area contributed by atoms with E-state index in [1.165, 1.54) is 22.0 Å². The van der Waals surface area contributed by atoms with Crippen LogP contribution in [0, 0.1) is 0 Å². The van der Waals surface area contributed by atoms with E-state index in [1.54, 1.807) is 6.92 Å². The fourth-order valence-electron chi connectivity index (χ4n) is 4.41. The molecule has 0 spiro atoms. The maximum absolute atomic E-state index is 13.2. The Kier molecular flexibility index (Phi) is 9.38. The predicted octanol–water partition coefficient (Wildman–Crippen LogP) is -2.60. The first-order chi connectivity index (χ1) is 19.2. The average molecular weight is 611 g/mol. The normalized spacial score (nSPS) is 19.2. The average Bonchev–Trinajstić information content (AvgIpc) is 3.55. The zero-order valence-corrected chi connectivity index (χ0v) is 25.6. The van der Waals surface area contributed by atoms with Gasteiger partial charge in [-0.2, -0.15) is 0 Å². The number of imidazole rings is 1. The van der Waals surface area contributed by atoms with Crippen LogP contribution in [0.5, 0.6) is 0 Å². The van der Waals surface area contributed by atoms with Crippen molar-refractivity contribution in [2.45, 2.75) is 37.4 Å². The minimum absolute atomic E-state index is 0. The molecule has 2 amide bonds. The van der Waals surface area contributed by atoms with E-state index in [0.29, 0.717) is 11.3 Å². The number of oxime groups is 1. The van der Waals surface area contributed by atoms with Crippen LogP contribution in [0.1, 0.15) is 20.5 Å². The van der Waals surface area contributed by atoms with Crippen molar-refractivity contribution >= 4 is 63.3 Å². The quantitative estimate of drug-likeness (QED) is 0.0622. The van der Waals surface area contributed by atoms with Gasteiger partial charge in [-0.15, -0.1) is 23.1 Å². The number of amides is 2. The molecule has 0 saturated carbocycles. The molecule has 3 aromatic heterocycles. The largest absolute Gasteiger partial charge is 1.00 e. The number of aliphatic carboxylic acids is 2. The van der Waals surface area contributed by atoms with Crippen LogP contribution in [0.25, 0.3) is 5.65 Å². The molecular formula is C24H25N7NaO7S2+. The van der Waals surface area contributed by atoms with E-state index in [4.69, 9.17) is 10.6 Å². The molecule has 3 atom stereocenters. The van der Waals surface area contributed by atoms with Gasteiger partial charge in [0.15, 0.2) is 10.8 Å². The van der Waals surface area contributed by atoms with Crippen molar-refractivity contribution in [3.05, 3.63) is 59.1 Å². The summed E-state index contributed by atoms with van der Waals surface area (Å²) in [6.07, 6.45) is 4.36. The minimum atomic E-state index is -1.30. The number of hydrogen-bond donors (Lipinski definition) is 4. The summed E-state index contributed by atoms with van der Waals surface area (Å²) >= 11 is 2.37. The molecule has 41 heavy (non-hydrogen) atoms. The summed E-state index contributed by atoms with van der Waals surface area (Å²) in [6, 6.07) is 4.62. The predicted molar refractivity (Wildman–Crippen MR) is 144 cm³/mol. The summed E-state index contributed by atoms with van der Waals surface area (Å²) in [5.41, 5.74) is 6.68. The van der Waals surface area contributed by atoms with E-state index in [0.717, 1.165) is 17.0 Å². The number of nitrogens with one attached hydrogen (secondary N) is 1. The molecule has 5 rings (SSSR count). The number of nitrogen functional groups attached to an aromatic ring is 1. The van der Waals surface area contributed by atoms with Gasteiger partial charge in [0.25, 0.3) is 17.5 Å². The first-order valence-corrected chi connectivity index (χ1v) is 14.0. The third kappa shape index (κ3) is 5.97. The number of fused-ring (bicyclic) bond motifs is 2. The first-order valence-electron chi connectivity index (χ1n) is 12.0. The van der Waals surface area contributed by atoms with Gasteiger partial charge in [-0.3, -0.25) is 14.5 Å². The van der Waals surface area contributed by atoms with Crippen LogP contribution in [-0.4, -0.2) is 77.2 Å². The number of pyridine rings is 1. The summed E-state index contributed by atoms with van der Waals surface area (Å²) in [7, 11) is 0. The SMILES string of the molecule is CCC(O/N=C(\C(=O)N[C@@H]1C(=O)N2C(C(=O)O)=C(C[n+]3ccn4ccccc43)CS[C@H]12)c1csc(N)n1)C(=O)O.[H-].[Na+]. The van der Waals surface area contributed by atoms with Gasteiger partial charge in [0.2, 0.25) is 6.10 Å². The molecule has 1 fully saturated rings. The summed E-state index contributed by atoms with van der Waals surface area (Å²) in [4.78, 5) is 60.3. The van der Waals surface area contributed by atoms with Gasteiger partial charge in [-0.25, -0.2) is 23.5 Å². The number of nitrogens with two attached hydrogens (primary N) is 1. The molecule has 1 unspecified atom stereocenters. The van der Waals surface area contributed by atoms with Crippen LogP contribution < -0.4 is 45.2 Å². The summed E-state index contributed by atoms with van der Waals surface area (Å²) in [5, 5.41) is 26.5. The Hall–Kier alpha value is -3.44. The Bertz CT molecular complexity index is 1590. The molecule has 17 heteroatoms. The van der Waals surface area contributed by atoms with Crippen LogP contribution >= 0.6 is 23.1 Å². The van der Waals surface area contributed by atoms with Crippen molar-refractivity contribution in [1.82, 2.24) is 19.6 Å². The molecule has 210 valence electrons. The Labute approximate surface area is 264 Å². The van der Waals surface area contributed by atoms with Crippen LogP contribution in [0.4, 0.5) is 5.13 Å². The maximum Gasteiger partial charge on any atom is 1.00 e. The van der Waals surface area contributed by atoms with Gasteiger partial charge < -0.3 is 27.5 Å². The van der Waals surface area contributed by atoms with Crippen molar-refractivity contribution in [2.24, 2.45) is 5.16 Å². The van der Waals surface area contributed by atoms with Crippen molar-refractivity contribution in [1.29, 1.82) is 0 Å². The number of thioether (sulfide) groups is 1. The number of anilines is 1. The van der Waals surface area contributed by atoms with E-state index in [9.17, 15) is 29.4 Å². The van der Waals surface area contributed by atoms with Gasteiger partial charge in [0, 0.05) is 22.8 Å².